The summed E-state index contributed by atoms with van der Waals surface area (Å²) < 4.78 is 10.8. The fourth-order valence-corrected chi connectivity index (χ4v) is 3.34. The van der Waals surface area contributed by atoms with Gasteiger partial charge in [-0.25, -0.2) is 0 Å². The molecule has 0 saturated carbocycles. The molecule has 1 aromatic heterocycles. The normalized spacial score (nSPS) is 20.4. The molecule has 2 aromatic rings. The zero-order chi connectivity index (χ0) is 15.8. The number of hydrogen-bond acceptors (Lipinski definition) is 6. The van der Waals surface area contributed by atoms with Crippen molar-refractivity contribution in [2.45, 2.75) is 31.8 Å². The van der Waals surface area contributed by atoms with Crippen molar-refractivity contribution in [1.82, 2.24) is 15.0 Å². The first-order valence-corrected chi connectivity index (χ1v) is 7.83. The molecule has 1 saturated heterocycles. The monoisotopic (exact) mass is 314 g/mol. The number of carbonyl (C=O) groups is 1. The Morgan fingerprint density at radius 1 is 1.43 bits per heavy atom. The second-order valence-corrected chi connectivity index (χ2v) is 5.99. The van der Waals surface area contributed by atoms with Crippen LogP contribution in [0.4, 0.5) is 0 Å². The van der Waals surface area contributed by atoms with Crippen LogP contribution in [0.15, 0.2) is 22.7 Å². The summed E-state index contributed by atoms with van der Waals surface area (Å²) in [5, 5.41) is 3.65. The van der Waals surface area contributed by atoms with Crippen molar-refractivity contribution in [3.05, 3.63) is 41.0 Å². The van der Waals surface area contributed by atoms with Crippen LogP contribution in [0.5, 0.6) is 5.75 Å². The van der Waals surface area contributed by atoms with Crippen LogP contribution in [0, 0.1) is 0 Å². The standard InChI is InChI=1S/C16H18N4O3/c17-14(21)15-18-16(23-19-15)12-2-1-6-20(12)9-10-3-4-13-11(8-10)5-7-22-13/h3-4,8,12H,1-2,5-7,9H2,(H2,17,21)/t12-/m1/s1. The van der Waals surface area contributed by atoms with Gasteiger partial charge >= 0.3 is 0 Å². The summed E-state index contributed by atoms with van der Waals surface area (Å²) in [6, 6.07) is 6.39. The third-order valence-corrected chi connectivity index (χ3v) is 4.45. The maximum atomic E-state index is 11.1. The van der Waals surface area contributed by atoms with Crippen LogP contribution in [-0.2, 0) is 13.0 Å². The highest BCUT2D eigenvalue weighted by molar-refractivity contribution is 5.88. The molecule has 0 bridgehead atoms. The van der Waals surface area contributed by atoms with Gasteiger partial charge in [-0.2, -0.15) is 4.98 Å². The van der Waals surface area contributed by atoms with Gasteiger partial charge in [-0.1, -0.05) is 17.3 Å². The third kappa shape index (κ3) is 2.68. The van der Waals surface area contributed by atoms with E-state index in [0.717, 1.165) is 44.7 Å². The molecule has 0 radical (unpaired) electrons. The van der Waals surface area contributed by atoms with E-state index in [2.05, 4.69) is 27.2 Å². The van der Waals surface area contributed by atoms with Crippen LogP contribution in [-0.4, -0.2) is 34.1 Å². The molecule has 120 valence electrons. The number of carbonyl (C=O) groups excluding carboxylic acids is 1. The average molecular weight is 314 g/mol. The molecule has 2 N–H and O–H groups in total. The Kier molecular flexibility index (Phi) is 3.49. The number of nitrogens with zero attached hydrogens (tertiary/aromatic N) is 3. The molecule has 4 rings (SSSR count). The Hall–Kier alpha value is -2.41. The highest BCUT2D eigenvalue weighted by atomic mass is 16.5. The lowest BCUT2D eigenvalue weighted by molar-refractivity contribution is 0.0987. The maximum absolute atomic E-state index is 11.1. The molecule has 23 heavy (non-hydrogen) atoms. The molecule has 3 heterocycles. The number of benzene rings is 1. The molecule has 0 unspecified atom stereocenters. The van der Waals surface area contributed by atoms with Gasteiger partial charge in [-0.05, 0) is 36.6 Å². The zero-order valence-corrected chi connectivity index (χ0v) is 12.7. The van der Waals surface area contributed by atoms with E-state index in [0.29, 0.717) is 5.89 Å². The van der Waals surface area contributed by atoms with E-state index in [9.17, 15) is 4.79 Å². The van der Waals surface area contributed by atoms with Gasteiger partial charge in [0.1, 0.15) is 5.75 Å². The number of aromatic nitrogens is 2. The van der Waals surface area contributed by atoms with Gasteiger partial charge in [-0.15, -0.1) is 0 Å². The van der Waals surface area contributed by atoms with Crippen molar-refractivity contribution in [1.29, 1.82) is 0 Å². The minimum absolute atomic E-state index is 0.0418. The van der Waals surface area contributed by atoms with Gasteiger partial charge in [0, 0.05) is 13.0 Å². The molecule has 7 nitrogen and oxygen atoms in total. The van der Waals surface area contributed by atoms with E-state index in [-0.39, 0.29) is 11.9 Å². The number of primary amides is 1. The van der Waals surface area contributed by atoms with Crippen molar-refractivity contribution in [3.63, 3.8) is 0 Å². The summed E-state index contributed by atoms with van der Waals surface area (Å²) in [4.78, 5) is 17.6. The van der Waals surface area contributed by atoms with E-state index in [1.807, 2.05) is 6.07 Å². The molecule has 2 aliphatic rings. The van der Waals surface area contributed by atoms with Gasteiger partial charge in [0.2, 0.25) is 5.89 Å². The highest BCUT2D eigenvalue weighted by Gasteiger charge is 2.31. The highest BCUT2D eigenvalue weighted by Crippen LogP contribution is 2.33. The minimum atomic E-state index is -0.664. The lowest BCUT2D eigenvalue weighted by atomic mass is 10.1. The molecule has 2 aliphatic heterocycles. The first-order chi connectivity index (χ1) is 11.2. The summed E-state index contributed by atoms with van der Waals surface area (Å²) >= 11 is 0. The Bertz CT molecular complexity index is 743. The number of hydrogen-bond donors (Lipinski definition) is 1. The Balaban J connectivity index is 1.52. The fraction of sp³-hybridized carbons (Fsp3) is 0.438. The molecular formula is C16H18N4O3. The van der Waals surface area contributed by atoms with E-state index < -0.39 is 5.91 Å². The Morgan fingerprint density at radius 2 is 2.35 bits per heavy atom. The smallest absolute Gasteiger partial charge is 0.290 e. The van der Waals surface area contributed by atoms with Gasteiger partial charge in [0.15, 0.2) is 0 Å². The summed E-state index contributed by atoms with van der Waals surface area (Å²) in [6.07, 6.45) is 2.97. The number of nitrogens with two attached hydrogens (primary N) is 1. The number of ether oxygens (including phenoxy) is 1. The summed E-state index contributed by atoms with van der Waals surface area (Å²) in [5.74, 6) is 0.750. The van der Waals surface area contributed by atoms with Crippen molar-refractivity contribution >= 4 is 5.91 Å². The van der Waals surface area contributed by atoms with Crippen LogP contribution in [0.2, 0.25) is 0 Å². The number of likely N-dealkylation sites (tertiary alicyclic amines) is 1. The van der Waals surface area contributed by atoms with Gasteiger partial charge in [0.05, 0.1) is 12.6 Å². The lowest BCUT2D eigenvalue weighted by Crippen LogP contribution is -2.23. The molecule has 0 spiro atoms. The fourth-order valence-electron chi connectivity index (χ4n) is 3.34. The molecule has 7 heteroatoms. The Labute approximate surface area is 133 Å². The summed E-state index contributed by atoms with van der Waals surface area (Å²) in [7, 11) is 0. The number of amides is 1. The first-order valence-electron chi connectivity index (χ1n) is 7.83. The first kappa shape index (κ1) is 14.2. The quantitative estimate of drug-likeness (QED) is 0.917. The number of fused-ring (bicyclic) bond motifs is 1. The van der Waals surface area contributed by atoms with Gasteiger partial charge in [0.25, 0.3) is 11.7 Å². The minimum Gasteiger partial charge on any atom is -0.493 e. The molecule has 1 atom stereocenters. The lowest BCUT2D eigenvalue weighted by Gasteiger charge is -2.21. The Morgan fingerprint density at radius 3 is 3.17 bits per heavy atom. The van der Waals surface area contributed by atoms with Crippen LogP contribution >= 0.6 is 0 Å². The van der Waals surface area contributed by atoms with Gasteiger partial charge in [-0.3, -0.25) is 9.69 Å². The van der Waals surface area contributed by atoms with E-state index >= 15 is 0 Å². The maximum Gasteiger partial charge on any atom is 0.290 e. The number of rotatable bonds is 4. The van der Waals surface area contributed by atoms with Crippen LogP contribution < -0.4 is 10.5 Å². The van der Waals surface area contributed by atoms with E-state index in [4.69, 9.17) is 15.0 Å². The third-order valence-electron chi connectivity index (χ3n) is 4.45. The zero-order valence-electron chi connectivity index (χ0n) is 12.7. The molecular weight excluding hydrogens is 296 g/mol. The molecule has 1 amide bonds. The average Bonchev–Trinajstić information content (AvgIpc) is 3.26. The van der Waals surface area contributed by atoms with Crippen molar-refractivity contribution in [3.8, 4) is 5.75 Å². The second-order valence-electron chi connectivity index (χ2n) is 5.99. The topological polar surface area (TPSA) is 94.5 Å². The van der Waals surface area contributed by atoms with Crippen LogP contribution in [0.3, 0.4) is 0 Å². The predicted octanol–water partition coefficient (Wildman–Crippen LogP) is 1.44. The van der Waals surface area contributed by atoms with E-state index in [1.165, 1.54) is 11.1 Å². The second kappa shape index (κ2) is 5.66. The van der Waals surface area contributed by atoms with Crippen molar-refractivity contribution in [2.24, 2.45) is 5.73 Å². The van der Waals surface area contributed by atoms with Crippen LogP contribution in [0.25, 0.3) is 0 Å². The SMILES string of the molecule is NC(=O)c1noc([C@H]2CCCN2Cc2ccc3c(c2)CCO3)n1. The van der Waals surface area contributed by atoms with Gasteiger partial charge < -0.3 is 15.0 Å². The summed E-state index contributed by atoms with van der Waals surface area (Å²) in [5.41, 5.74) is 7.70. The van der Waals surface area contributed by atoms with Crippen molar-refractivity contribution < 1.29 is 14.1 Å². The molecule has 1 fully saturated rings. The molecule has 0 aliphatic carbocycles. The molecule has 1 aromatic carbocycles. The largest absolute Gasteiger partial charge is 0.493 e. The summed E-state index contributed by atoms with van der Waals surface area (Å²) in [6.45, 7) is 2.54. The van der Waals surface area contributed by atoms with Crippen LogP contribution in [0.1, 0.15) is 46.5 Å². The predicted molar refractivity (Wildman–Crippen MR) is 80.8 cm³/mol. The van der Waals surface area contributed by atoms with E-state index in [1.54, 1.807) is 0 Å². The van der Waals surface area contributed by atoms with Crippen molar-refractivity contribution in [2.75, 3.05) is 13.2 Å².